The minimum absolute atomic E-state index is 0.188. The molecule has 2 heterocycles. The number of hydrogen-bond acceptors (Lipinski definition) is 4. The number of carbonyl (C=O) groups excluding carboxylic acids is 1. The van der Waals surface area contributed by atoms with E-state index in [0.29, 0.717) is 12.6 Å². The van der Waals surface area contributed by atoms with Gasteiger partial charge in [-0.2, -0.15) is 0 Å². The van der Waals surface area contributed by atoms with Gasteiger partial charge in [0.05, 0.1) is 6.54 Å². The molecule has 0 aromatic heterocycles. The minimum atomic E-state index is 0.188. The summed E-state index contributed by atoms with van der Waals surface area (Å²) < 4.78 is 0. The number of carbonyl (C=O) groups is 1. The van der Waals surface area contributed by atoms with Crippen molar-refractivity contribution < 1.29 is 4.79 Å². The van der Waals surface area contributed by atoms with Gasteiger partial charge in [0, 0.05) is 56.3 Å². The fraction of sp³-hybridized carbons (Fsp3) is 0.409. The van der Waals surface area contributed by atoms with E-state index in [1.54, 1.807) is 6.08 Å². The number of piperazine rings is 1. The van der Waals surface area contributed by atoms with E-state index >= 15 is 0 Å². The van der Waals surface area contributed by atoms with E-state index < -0.39 is 0 Å². The quantitative estimate of drug-likeness (QED) is 0.786. The molecule has 1 N–H and O–H groups in total. The maximum atomic E-state index is 13.0. The van der Waals surface area contributed by atoms with Gasteiger partial charge in [-0.3, -0.25) is 9.69 Å². The van der Waals surface area contributed by atoms with Crippen LogP contribution < -0.4 is 15.1 Å². The summed E-state index contributed by atoms with van der Waals surface area (Å²) in [6.07, 6.45) is 6.41. The molecule has 0 aliphatic carbocycles. The van der Waals surface area contributed by atoms with Gasteiger partial charge in [0.2, 0.25) is 5.91 Å². The van der Waals surface area contributed by atoms with Crippen LogP contribution in [0.5, 0.6) is 0 Å². The molecule has 0 bridgehead atoms. The second kappa shape index (κ2) is 8.55. The van der Waals surface area contributed by atoms with Crippen molar-refractivity contribution in [2.45, 2.75) is 19.4 Å². The van der Waals surface area contributed by atoms with Gasteiger partial charge in [-0.15, -0.1) is 0 Å². The largest absolute Gasteiger partial charge is 0.345 e. The first-order valence-electron chi connectivity index (χ1n) is 9.61. The lowest BCUT2D eigenvalue weighted by Gasteiger charge is -2.32. The smallest absolute Gasteiger partial charge is 0.241 e. The first-order chi connectivity index (χ1) is 13.0. The molecule has 2 aliphatic heterocycles. The van der Waals surface area contributed by atoms with Crippen LogP contribution in [0, 0.1) is 0 Å². The molecule has 5 nitrogen and oxygen atoms in total. The van der Waals surface area contributed by atoms with E-state index in [4.69, 9.17) is 0 Å². The number of anilines is 2. The third-order valence-corrected chi connectivity index (χ3v) is 5.35. The van der Waals surface area contributed by atoms with Crippen LogP contribution in [0.25, 0.3) is 0 Å². The zero-order chi connectivity index (χ0) is 19.4. The molecule has 144 valence electrons. The van der Waals surface area contributed by atoms with E-state index in [1.165, 1.54) is 5.56 Å². The molecule has 1 fully saturated rings. The summed E-state index contributed by atoms with van der Waals surface area (Å²) in [6.45, 7) is 13.9. The van der Waals surface area contributed by atoms with Gasteiger partial charge in [0.1, 0.15) is 0 Å². The highest BCUT2D eigenvalue weighted by molar-refractivity contribution is 5.97. The predicted octanol–water partition coefficient (Wildman–Crippen LogP) is 2.56. The van der Waals surface area contributed by atoms with Gasteiger partial charge in [0.25, 0.3) is 0 Å². The third-order valence-electron chi connectivity index (χ3n) is 5.35. The van der Waals surface area contributed by atoms with Crippen molar-refractivity contribution in [1.82, 2.24) is 10.2 Å². The first kappa shape index (κ1) is 19.4. The molecule has 3 rings (SSSR count). The fourth-order valence-electron chi connectivity index (χ4n) is 3.85. The molecule has 0 unspecified atom stereocenters. The van der Waals surface area contributed by atoms with Crippen LogP contribution >= 0.6 is 0 Å². The Morgan fingerprint density at radius 2 is 2.19 bits per heavy atom. The number of benzene rings is 1. The summed E-state index contributed by atoms with van der Waals surface area (Å²) in [7, 11) is 2.00. The van der Waals surface area contributed by atoms with Crippen LogP contribution in [-0.4, -0.2) is 56.6 Å². The normalized spacial score (nSPS) is 20.3. The lowest BCUT2D eigenvalue weighted by atomic mass is 10.1. The standard InChI is InChI=1S/C22H30N4O/c1-5-7-19(6-2)24(4)20-9-8-18-10-12-26(21(18)14-20)22(27)16-25-13-11-23-17(3)15-25/h5-9,14,17,23H,1-2,10-13,15-16H2,3-4H3/b19-7+/t17-/m1/s1. The summed E-state index contributed by atoms with van der Waals surface area (Å²) in [5.74, 6) is 0.188. The zero-order valence-corrected chi connectivity index (χ0v) is 16.4. The SMILES string of the molecule is C=C/C=C(\C=C)N(C)c1ccc2c(c1)N(C(=O)CN1CCN[C@H](C)C1)CC2. The fourth-order valence-corrected chi connectivity index (χ4v) is 3.85. The number of nitrogens with one attached hydrogen (secondary N) is 1. The Morgan fingerprint density at radius 3 is 2.89 bits per heavy atom. The van der Waals surface area contributed by atoms with E-state index in [1.807, 2.05) is 24.1 Å². The van der Waals surface area contributed by atoms with E-state index in [2.05, 4.69) is 53.4 Å². The zero-order valence-electron chi connectivity index (χ0n) is 16.4. The maximum absolute atomic E-state index is 13.0. The highest BCUT2D eigenvalue weighted by atomic mass is 16.2. The Hall–Kier alpha value is -2.37. The van der Waals surface area contributed by atoms with Crippen LogP contribution in [0.4, 0.5) is 11.4 Å². The van der Waals surface area contributed by atoms with Gasteiger partial charge >= 0.3 is 0 Å². The third kappa shape index (κ3) is 4.31. The highest BCUT2D eigenvalue weighted by Crippen LogP contribution is 2.33. The Balaban J connectivity index is 1.77. The highest BCUT2D eigenvalue weighted by Gasteiger charge is 2.27. The van der Waals surface area contributed by atoms with E-state index in [-0.39, 0.29) is 5.91 Å². The Kier molecular flexibility index (Phi) is 6.14. The van der Waals surface area contributed by atoms with Crippen molar-refractivity contribution in [2.24, 2.45) is 0 Å². The van der Waals surface area contributed by atoms with Crippen LogP contribution in [0.1, 0.15) is 12.5 Å². The summed E-state index contributed by atoms with van der Waals surface area (Å²) in [4.78, 5) is 19.2. The van der Waals surface area contributed by atoms with Gasteiger partial charge in [-0.05, 0) is 43.2 Å². The molecule has 27 heavy (non-hydrogen) atoms. The van der Waals surface area contributed by atoms with Crippen molar-refractivity contribution in [1.29, 1.82) is 0 Å². The Bertz CT molecular complexity index is 755. The minimum Gasteiger partial charge on any atom is -0.345 e. The maximum Gasteiger partial charge on any atom is 0.241 e. The van der Waals surface area contributed by atoms with Crippen LogP contribution in [0.3, 0.4) is 0 Å². The number of likely N-dealkylation sites (N-methyl/N-ethyl adjacent to an activating group) is 1. The lowest BCUT2D eigenvalue weighted by molar-refractivity contribution is -0.119. The number of allylic oxidation sites excluding steroid dienone is 3. The molecule has 2 aliphatic rings. The molecule has 1 aromatic rings. The lowest BCUT2D eigenvalue weighted by Crippen LogP contribution is -2.52. The van der Waals surface area contributed by atoms with Crippen molar-refractivity contribution in [3.8, 4) is 0 Å². The van der Waals surface area contributed by atoms with Crippen LogP contribution in [0.15, 0.2) is 55.3 Å². The average Bonchev–Trinajstić information content (AvgIpc) is 3.09. The van der Waals surface area contributed by atoms with Gasteiger partial charge in [0.15, 0.2) is 0 Å². The molecule has 1 amide bonds. The first-order valence-corrected chi connectivity index (χ1v) is 9.61. The number of fused-ring (bicyclic) bond motifs is 1. The Morgan fingerprint density at radius 1 is 1.37 bits per heavy atom. The van der Waals surface area contributed by atoms with Crippen LogP contribution in [-0.2, 0) is 11.2 Å². The van der Waals surface area contributed by atoms with Crippen molar-refractivity contribution in [2.75, 3.05) is 49.6 Å². The Labute approximate surface area is 162 Å². The number of amides is 1. The monoisotopic (exact) mass is 366 g/mol. The van der Waals surface area contributed by atoms with Crippen molar-refractivity contribution in [3.63, 3.8) is 0 Å². The van der Waals surface area contributed by atoms with E-state index in [9.17, 15) is 4.79 Å². The molecule has 1 saturated heterocycles. The molecule has 0 saturated carbocycles. The van der Waals surface area contributed by atoms with Gasteiger partial charge in [-0.25, -0.2) is 0 Å². The molecule has 0 spiro atoms. The molecular formula is C22H30N4O. The summed E-state index contributed by atoms with van der Waals surface area (Å²) in [6, 6.07) is 6.79. The molecular weight excluding hydrogens is 336 g/mol. The second-order valence-electron chi connectivity index (χ2n) is 7.29. The number of hydrogen-bond donors (Lipinski definition) is 1. The van der Waals surface area contributed by atoms with Gasteiger partial charge < -0.3 is 15.1 Å². The number of rotatable bonds is 6. The van der Waals surface area contributed by atoms with Crippen molar-refractivity contribution in [3.05, 3.63) is 60.8 Å². The summed E-state index contributed by atoms with van der Waals surface area (Å²) >= 11 is 0. The topological polar surface area (TPSA) is 38.8 Å². The molecule has 5 heteroatoms. The van der Waals surface area contributed by atoms with Crippen molar-refractivity contribution >= 4 is 17.3 Å². The molecule has 0 radical (unpaired) electrons. The van der Waals surface area contributed by atoms with Crippen LogP contribution in [0.2, 0.25) is 0 Å². The second-order valence-corrected chi connectivity index (χ2v) is 7.29. The average molecular weight is 367 g/mol. The predicted molar refractivity (Wildman–Crippen MR) is 113 cm³/mol. The summed E-state index contributed by atoms with van der Waals surface area (Å²) in [5, 5.41) is 3.42. The van der Waals surface area contributed by atoms with E-state index in [0.717, 1.165) is 49.7 Å². The molecule has 1 atom stereocenters. The summed E-state index contributed by atoms with van der Waals surface area (Å²) in [5.41, 5.74) is 4.28. The van der Waals surface area contributed by atoms with Gasteiger partial charge in [-0.1, -0.05) is 25.3 Å². The molecule has 1 aromatic carbocycles. The number of nitrogens with zero attached hydrogens (tertiary/aromatic N) is 3.